The van der Waals surface area contributed by atoms with E-state index in [1.165, 1.54) is 0 Å². The van der Waals surface area contributed by atoms with Crippen LogP contribution in [0.25, 0.3) is 5.69 Å². The molecule has 1 N–H and O–H groups in total. The van der Waals surface area contributed by atoms with Gasteiger partial charge in [0.05, 0.1) is 29.4 Å². The zero-order valence-corrected chi connectivity index (χ0v) is 23.6. The van der Waals surface area contributed by atoms with Crippen LogP contribution in [-0.2, 0) is 4.74 Å². The highest BCUT2D eigenvalue weighted by Gasteiger charge is 2.42. The minimum Gasteiger partial charge on any atom is -0.490 e. The predicted octanol–water partition coefficient (Wildman–Crippen LogP) is 7.00. The normalized spacial score (nSPS) is 17.1. The third-order valence-corrected chi connectivity index (χ3v) is 7.57. The highest BCUT2D eigenvalue weighted by Crippen LogP contribution is 2.45. The molecule has 0 unspecified atom stereocenters. The van der Waals surface area contributed by atoms with Gasteiger partial charge in [-0.05, 0) is 92.3 Å². The molecule has 2 atom stereocenters. The summed E-state index contributed by atoms with van der Waals surface area (Å²) in [6.45, 7) is 5.14. The minimum atomic E-state index is -0.167. The van der Waals surface area contributed by atoms with Crippen molar-refractivity contribution in [2.24, 2.45) is 0 Å². The molecule has 0 aliphatic carbocycles. The van der Waals surface area contributed by atoms with Crippen molar-refractivity contribution in [2.75, 3.05) is 25.2 Å². The van der Waals surface area contributed by atoms with Crippen molar-refractivity contribution in [2.45, 2.75) is 25.9 Å². The van der Waals surface area contributed by atoms with Crippen LogP contribution in [0.4, 0.5) is 5.69 Å². The fourth-order valence-corrected chi connectivity index (χ4v) is 5.72. The van der Waals surface area contributed by atoms with Gasteiger partial charge in [-0.15, -0.1) is 0 Å². The number of nitrogens with zero attached hydrogens (tertiary/aromatic N) is 3. The number of rotatable bonds is 8. The predicted molar refractivity (Wildman–Crippen MR) is 157 cm³/mol. The number of anilines is 1. The van der Waals surface area contributed by atoms with Gasteiger partial charge >= 0.3 is 0 Å². The summed E-state index contributed by atoms with van der Waals surface area (Å²) in [5.74, 6) is 0.601. The number of halogens is 2. The molecule has 0 saturated carbocycles. The van der Waals surface area contributed by atoms with Crippen LogP contribution < -0.4 is 15.0 Å². The van der Waals surface area contributed by atoms with Gasteiger partial charge in [0, 0.05) is 41.1 Å². The molecule has 3 heterocycles. The SMILES string of the molecule is COCCOc1ccc(N2C(=S)N[C@@H](c3ccccn3)[C@H]2c2cc(C)n(-c3ccc(Cl)cc3)c2C)cc1Cl. The van der Waals surface area contributed by atoms with Crippen molar-refractivity contribution < 1.29 is 9.47 Å². The van der Waals surface area contributed by atoms with Gasteiger partial charge in [0.25, 0.3) is 0 Å². The molecule has 1 saturated heterocycles. The van der Waals surface area contributed by atoms with Gasteiger partial charge in [0.1, 0.15) is 12.4 Å². The van der Waals surface area contributed by atoms with Gasteiger partial charge in [0.2, 0.25) is 0 Å². The number of aryl methyl sites for hydroxylation is 1. The molecule has 1 aliphatic heterocycles. The minimum absolute atomic E-state index is 0.166. The number of methoxy groups -OCH3 is 1. The number of ether oxygens (including phenoxy) is 2. The molecule has 196 valence electrons. The zero-order valence-electron chi connectivity index (χ0n) is 21.3. The first kappa shape index (κ1) is 26.5. The van der Waals surface area contributed by atoms with E-state index in [0.717, 1.165) is 34.0 Å². The molecule has 9 heteroatoms. The maximum absolute atomic E-state index is 6.65. The van der Waals surface area contributed by atoms with E-state index in [4.69, 9.17) is 44.9 Å². The van der Waals surface area contributed by atoms with E-state index in [2.05, 4.69) is 39.7 Å². The lowest BCUT2D eigenvalue weighted by Gasteiger charge is -2.28. The highest BCUT2D eigenvalue weighted by molar-refractivity contribution is 7.80. The Morgan fingerprint density at radius 1 is 0.974 bits per heavy atom. The molecule has 0 spiro atoms. The van der Waals surface area contributed by atoms with Crippen LogP contribution in [0.1, 0.15) is 34.7 Å². The number of benzene rings is 2. The third-order valence-electron chi connectivity index (χ3n) is 6.71. The molecule has 2 aromatic carbocycles. The molecule has 2 aromatic heterocycles. The smallest absolute Gasteiger partial charge is 0.174 e. The van der Waals surface area contributed by atoms with Crippen LogP contribution in [0.15, 0.2) is 72.9 Å². The summed E-state index contributed by atoms with van der Waals surface area (Å²) in [4.78, 5) is 6.79. The fraction of sp³-hybridized carbons (Fsp3) is 0.241. The van der Waals surface area contributed by atoms with Crippen LogP contribution in [0.2, 0.25) is 10.0 Å². The summed E-state index contributed by atoms with van der Waals surface area (Å²) in [5, 5.41) is 5.34. The van der Waals surface area contributed by atoms with Crippen LogP contribution in [0.5, 0.6) is 5.75 Å². The van der Waals surface area contributed by atoms with E-state index in [1.807, 2.05) is 60.7 Å². The summed E-state index contributed by atoms with van der Waals surface area (Å²) in [6, 6.07) is 21.4. The molecule has 1 fully saturated rings. The van der Waals surface area contributed by atoms with E-state index in [0.29, 0.717) is 34.1 Å². The van der Waals surface area contributed by atoms with Crippen molar-refractivity contribution >= 4 is 46.2 Å². The van der Waals surface area contributed by atoms with Crippen molar-refractivity contribution in [1.29, 1.82) is 0 Å². The van der Waals surface area contributed by atoms with Crippen LogP contribution in [-0.4, -0.2) is 35.0 Å². The van der Waals surface area contributed by atoms with Crippen molar-refractivity contribution in [3.8, 4) is 11.4 Å². The van der Waals surface area contributed by atoms with Gasteiger partial charge in [-0.25, -0.2) is 0 Å². The first-order chi connectivity index (χ1) is 18.4. The largest absolute Gasteiger partial charge is 0.490 e. The average molecular weight is 568 g/mol. The quantitative estimate of drug-likeness (QED) is 0.183. The second-order valence-corrected chi connectivity index (χ2v) is 10.3. The molecule has 38 heavy (non-hydrogen) atoms. The topological polar surface area (TPSA) is 51.6 Å². The number of thiocarbonyl (C=S) groups is 1. The van der Waals surface area contributed by atoms with E-state index in [9.17, 15) is 0 Å². The van der Waals surface area contributed by atoms with Crippen LogP contribution >= 0.6 is 35.4 Å². The average Bonchev–Trinajstić information content (AvgIpc) is 3.41. The Morgan fingerprint density at radius 2 is 1.74 bits per heavy atom. The summed E-state index contributed by atoms with van der Waals surface area (Å²) >= 11 is 18.7. The van der Waals surface area contributed by atoms with E-state index in [-0.39, 0.29) is 12.1 Å². The Labute approximate surface area is 238 Å². The molecule has 4 aromatic rings. The molecule has 1 aliphatic rings. The molecule has 0 radical (unpaired) electrons. The van der Waals surface area contributed by atoms with E-state index < -0.39 is 0 Å². The third kappa shape index (κ3) is 5.12. The lowest BCUT2D eigenvalue weighted by atomic mass is 9.96. The number of hydrogen-bond acceptors (Lipinski definition) is 4. The van der Waals surface area contributed by atoms with E-state index >= 15 is 0 Å². The van der Waals surface area contributed by atoms with Gasteiger partial charge in [-0.3, -0.25) is 4.98 Å². The number of aromatic nitrogens is 2. The van der Waals surface area contributed by atoms with E-state index in [1.54, 1.807) is 13.3 Å². The maximum atomic E-state index is 6.65. The van der Waals surface area contributed by atoms with Gasteiger partial charge in [-0.2, -0.15) is 0 Å². The lowest BCUT2D eigenvalue weighted by molar-refractivity contribution is 0.146. The van der Waals surface area contributed by atoms with Crippen molar-refractivity contribution in [3.63, 3.8) is 0 Å². The summed E-state index contributed by atoms with van der Waals surface area (Å²) in [6.07, 6.45) is 1.81. The Balaban J connectivity index is 1.60. The van der Waals surface area contributed by atoms with Gasteiger partial charge in [-0.1, -0.05) is 29.3 Å². The number of hydrogen-bond donors (Lipinski definition) is 1. The lowest BCUT2D eigenvalue weighted by Crippen LogP contribution is -2.29. The molecule has 0 bridgehead atoms. The van der Waals surface area contributed by atoms with Crippen LogP contribution in [0, 0.1) is 13.8 Å². The zero-order chi connectivity index (χ0) is 26.8. The summed E-state index contributed by atoms with van der Waals surface area (Å²) < 4.78 is 13.1. The summed E-state index contributed by atoms with van der Waals surface area (Å²) in [5.41, 5.74) is 6.17. The molecule has 6 nitrogen and oxygen atoms in total. The Morgan fingerprint density at radius 3 is 2.42 bits per heavy atom. The first-order valence-corrected chi connectivity index (χ1v) is 13.4. The fourth-order valence-electron chi connectivity index (χ4n) is 5.02. The molecule has 5 rings (SSSR count). The standard InChI is InChI=1S/C29H28Cl2N4O2S/c1-18-16-23(19(2)34(18)21-9-7-20(30)8-10-21)28-27(25-6-4-5-13-32-25)33-29(38)35(28)22-11-12-26(24(31)17-22)37-15-14-36-3/h4-13,16-17,27-28H,14-15H2,1-3H3,(H,33,38)/t27-,28+/m0/s1. The van der Waals surface area contributed by atoms with Crippen LogP contribution in [0.3, 0.4) is 0 Å². The monoisotopic (exact) mass is 566 g/mol. The first-order valence-electron chi connectivity index (χ1n) is 12.3. The number of nitrogens with one attached hydrogen (secondary N) is 1. The maximum Gasteiger partial charge on any atom is 0.174 e. The van der Waals surface area contributed by atoms with Crippen molar-refractivity contribution in [1.82, 2.24) is 14.9 Å². The Bertz CT molecular complexity index is 1440. The Kier molecular flexibility index (Phi) is 7.91. The Hall–Kier alpha value is -3.10. The second kappa shape index (κ2) is 11.3. The second-order valence-electron chi connectivity index (χ2n) is 9.09. The molecule has 0 amide bonds. The molecular weight excluding hydrogens is 539 g/mol. The molecular formula is C29H28Cl2N4O2S. The van der Waals surface area contributed by atoms with Gasteiger partial charge < -0.3 is 24.3 Å². The number of pyridine rings is 1. The van der Waals surface area contributed by atoms with Crippen molar-refractivity contribution in [3.05, 3.63) is 106 Å². The highest BCUT2D eigenvalue weighted by atomic mass is 35.5. The van der Waals surface area contributed by atoms with Gasteiger partial charge in [0.15, 0.2) is 5.11 Å². The summed E-state index contributed by atoms with van der Waals surface area (Å²) in [7, 11) is 1.64.